The van der Waals surface area contributed by atoms with E-state index in [4.69, 9.17) is 11.6 Å². The third kappa shape index (κ3) is 1.80. The van der Waals surface area contributed by atoms with Crippen molar-refractivity contribution in [2.45, 2.75) is 25.3 Å². The minimum absolute atomic E-state index is 0.106. The summed E-state index contributed by atoms with van der Waals surface area (Å²) in [6.07, 6.45) is 2.53. The molecule has 1 unspecified atom stereocenters. The summed E-state index contributed by atoms with van der Waals surface area (Å²) in [6, 6.07) is 1.69. The van der Waals surface area contributed by atoms with Gasteiger partial charge in [0, 0.05) is 19.8 Å². The van der Waals surface area contributed by atoms with Gasteiger partial charge in [0.1, 0.15) is 17.4 Å². The molecule has 6 heteroatoms. The normalized spacial score (nSPS) is 19.6. The van der Waals surface area contributed by atoms with E-state index in [1.807, 2.05) is 24.6 Å². The smallest absolute Gasteiger partial charge is 0.245 e. The van der Waals surface area contributed by atoms with Gasteiger partial charge in [-0.15, -0.1) is 11.6 Å². The molecule has 0 bridgehead atoms. The van der Waals surface area contributed by atoms with Crippen molar-refractivity contribution in [1.29, 1.82) is 0 Å². The van der Waals surface area contributed by atoms with E-state index in [0.29, 0.717) is 5.82 Å². The zero-order valence-corrected chi connectivity index (χ0v) is 11.7. The van der Waals surface area contributed by atoms with Crippen molar-refractivity contribution in [2.24, 2.45) is 0 Å². The van der Waals surface area contributed by atoms with E-state index in [2.05, 4.69) is 9.97 Å². The van der Waals surface area contributed by atoms with E-state index in [1.54, 1.807) is 11.1 Å². The van der Waals surface area contributed by atoms with Crippen LogP contribution in [0.15, 0.2) is 12.3 Å². The third-order valence-corrected chi connectivity index (χ3v) is 3.92. The van der Waals surface area contributed by atoms with Gasteiger partial charge in [0.2, 0.25) is 5.91 Å². The molecule has 0 spiro atoms. The van der Waals surface area contributed by atoms with E-state index in [0.717, 1.165) is 29.7 Å². The fourth-order valence-corrected chi connectivity index (χ4v) is 2.81. The Balaban J connectivity index is 2.22. The topological polar surface area (TPSA) is 51.0 Å². The number of hydrogen-bond donors (Lipinski definition) is 0. The maximum atomic E-state index is 12.2. The van der Waals surface area contributed by atoms with Gasteiger partial charge in [-0.25, -0.2) is 9.97 Å². The molecule has 1 aliphatic heterocycles. The third-order valence-electron chi connectivity index (χ3n) is 3.68. The molecule has 0 radical (unpaired) electrons. The van der Waals surface area contributed by atoms with Crippen molar-refractivity contribution >= 4 is 28.7 Å². The summed E-state index contributed by atoms with van der Waals surface area (Å²) in [5.41, 5.74) is 2.64. The van der Waals surface area contributed by atoms with Gasteiger partial charge in [0.05, 0.1) is 5.88 Å². The molecule has 19 heavy (non-hydrogen) atoms. The first kappa shape index (κ1) is 12.4. The van der Waals surface area contributed by atoms with E-state index in [1.165, 1.54) is 0 Å². The molecule has 2 aromatic heterocycles. The number of likely N-dealkylation sites (tertiary alicyclic amines) is 1. The quantitative estimate of drug-likeness (QED) is 0.788. The Morgan fingerprint density at radius 1 is 1.53 bits per heavy atom. The molecule has 1 aliphatic rings. The van der Waals surface area contributed by atoms with E-state index in [9.17, 15) is 4.79 Å². The van der Waals surface area contributed by atoms with Gasteiger partial charge in [-0.1, -0.05) is 0 Å². The number of imidazole rings is 1. The van der Waals surface area contributed by atoms with Crippen LogP contribution in [0.2, 0.25) is 0 Å². The summed E-state index contributed by atoms with van der Waals surface area (Å²) >= 11 is 5.98. The van der Waals surface area contributed by atoms with Gasteiger partial charge in [0.15, 0.2) is 5.65 Å². The minimum Gasteiger partial charge on any atom is -0.344 e. The molecule has 1 atom stereocenters. The average molecular weight is 279 g/mol. The van der Waals surface area contributed by atoms with Crippen LogP contribution in [0.25, 0.3) is 11.2 Å². The molecule has 0 aromatic carbocycles. The van der Waals surface area contributed by atoms with Gasteiger partial charge in [0.25, 0.3) is 0 Å². The summed E-state index contributed by atoms with van der Waals surface area (Å²) < 4.78 is 1.90. The average Bonchev–Trinajstić information content (AvgIpc) is 2.92. The van der Waals surface area contributed by atoms with Crippen molar-refractivity contribution in [3.05, 3.63) is 23.7 Å². The number of amides is 1. The lowest BCUT2D eigenvalue weighted by Crippen LogP contribution is -2.25. The monoisotopic (exact) mass is 278 g/mol. The Bertz CT molecular complexity index is 651. The number of nitrogens with zero attached hydrogens (tertiary/aromatic N) is 4. The molecule has 0 saturated carbocycles. The number of rotatable bonds is 2. The van der Waals surface area contributed by atoms with Gasteiger partial charge < -0.3 is 4.90 Å². The molecule has 100 valence electrons. The number of fused-ring (bicyclic) bond motifs is 1. The molecule has 3 heterocycles. The second-order valence-corrected chi connectivity index (χ2v) is 5.16. The van der Waals surface area contributed by atoms with Crippen molar-refractivity contribution in [2.75, 3.05) is 13.6 Å². The lowest BCUT2D eigenvalue weighted by Gasteiger charge is -2.14. The van der Waals surface area contributed by atoms with Crippen LogP contribution in [0, 0.1) is 6.92 Å². The van der Waals surface area contributed by atoms with Gasteiger partial charge in [-0.3, -0.25) is 9.36 Å². The number of carbonyl (C=O) groups is 1. The molecular weight excluding hydrogens is 264 g/mol. The summed E-state index contributed by atoms with van der Waals surface area (Å²) in [4.78, 5) is 22.9. The molecule has 1 amide bonds. The molecule has 1 saturated heterocycles. The highest BCUT2D eigenvalue weighted by Gasteiger charge is 2.33. The summed E-state index contributed by atoms with van der Waals surface area (Å²) in [5, 5.41) is 0. The Labute approximate surface area is 116 Å². The van der Waals surface area contributed by atoms with Crippen molar-refractivity contribution in [3.8, 4) is 0 Å². The number of alkyl halides is 1. The molecule has 1 fully saturated rings. The van der Waals surface area contributed by atoms with Crippen molar-refractivity contribution in [1.82, 2.24) is 19.4 Å². The predicted molar refractivity (Wildman–Crippen MR) is 73.1 cm³/mol. The number of aromatic nitrogens is 3. The Hall–Kier alpha value is -1.62. The first-order valence-electron chi connectivity index (χ1n) is 6.27. The minimum atomic E-state index is -0.224. The first-order chi connectivity index (χ1) is 9.13. The number of hydrogen-bond acceptors (Lipinski definition) is 3. The standard InChI is InChI=1S/C13H15ClN4O/c1-8-3-5-15-12-11(8)16-10(7-14)18(12)9-4-6-17(2)13(9)19/h3,5,9H,4,6-7H2,1-2H3. The highest BCUT2D eigenvalue weighted by molar-refractivity contribution is 6.16. The molecule has 0 aliphatic carbocycles. The van der Waals surface area contributed by atoms with Crippen molar-refractivity contribution < 1.29 is 4.79 Å². The Morgan fingerprint density at radius 2 is 2.32 bits per heavy atom. The van der Waals surface area contributed by atoms with Gasteiger partial charge >= 0.3 is 0 Å². The summed E-state index contributed by atoms with van der Waals surface area (Å²) in [6.45, 7) is 2.75. The molecular formula is C13H15ClN4O. The SMILES string of the molecule is Cc1ccnc2c1nc(CCl)n2C1CCN(C)C1=O. The van der Waals surface area contributed by atoms with Gasteiger partial charge in [-0.2, -0.15) is 0 Å². The van der Waals surface area contributed by atoms with Crippen LogP contribution in [-0.2, 0) is 10.7 Å². The second kappa shape index (κ2) is 4.49. The molecule has 2 aromatic rings. The van der Waals surface area contributed by atoms with Gasteiger partial charge in [-0.05, 0) is 25.0 Å². The van der Waals surface area contributed by atoms with Crippen LogP contribution >= 0.6 is 11.6 Å². The molecule has 5 nitrogen and oxygen atoms in total. The van der Waals surface area contributed by atoms with Crippen LogP contribution in [0.4, 0.5) is 0 Å². The fourth-order valence-electron chi connectivity index (χ4n) is 2.62. The maximum absolute atomic E-state index is 12.2. The van der Waals surface area contributed by atoms with E-state index < -0.39 is 0 Å². The van der Waals surface area contributed by atoms with Crippen molar-refractivity contribution in [3.63, 3.8) is 0 Å². The second-order valence-electron chi connectivity index (χ2n) is 4.90. The number of aryl methyl sites for hydroxylation is 1. The lowest BCUT2D eigenvalue weighted by molar-refractivity contribution is -0.129. The zero-order chi connectivity index (χ0) is 13.6. The van der Waals surface area contributed by atoms with E-state index in [-0.39, 0.29) is 17.8 Å². The summed E-state index contributed by atoms with van der Waals surface area (Å²) in [5.74, 6) is 1.10. The summed E-state index contributed by atoms with van der Waals surface area (Å²) in [7, 11) is 1.82. The number of carbonyl (C=O) groups excluding carboxylic acids is 1. The van der Waals surface area contributed by atoms with E-state index >= 15 is 0 Å². The van der Waals surface area contributed by atoms with Crippen LogP contribution in [-0.4, -0.2) is 38.9 Å². The molecule has 3 rings (SSSR count). The molecule has 0 N–H and O–H groups in total. The lowest BCUT2D eigenvalue weighted by atomic mass is 10.2. The largest absolute Gasteiger partial charge is 0.344 e. The van der Waals surface area contributed by atoms with Crippen LogP contribution < -0.4 is 0 Å². The maximum Gasteiger partial charge on any atom is 0.245 e. The van der Waals surface area contributed by atoms with Crippen LogP contribution in [0.1, 0.15) is 23.9 Å². The van der Waals surface area contributed by atoms with Crippen LogP contribution in [0.5, 0.6) is 0 Å². The highest BCUT2D eigenvalue weighted by Crippen LogP contribution is 2.29. The number of pyridine rings is 1. The zero-order valence-electron chi connectivity index (χ0n) is 10.9. The Kier molecular flexibility index (Phi) is 2.93. The predicted octanol–water partition coefficient (Wildman–Crippen LogP) is 1.88. The van der Waals surface area contributed by atoms with Crippen LogP contribution in [0.3, 0.4) is 0 Å². The highest BCUT2D eigenvalue weighted by atomic mass is 35.5. The number of halogens is 1. The first-order valence-corrected chi connectivity index (χ1v) is 6.80. The Morgan fingerprint density at radius 3 is 2.95 bits per heavy atom. The fraction of sp³-hybridized carbons (Fsp3) is 0.462. The number of likely N-dealkylation sites (N-methyl/N-ethyl adjacent to an activating group) is 1.